The van der Waals surface area contributed by atoms with Gasteiger partial charge in [-0.25, -0.2) is 0 Å². The molecule has 0 saturated heterocycles. The topological polar surface area (TPSA) is 0 Å². The van der Waals surface area contributed by atoms with Gasteiger partial charge in [0, 0.05) is 11.3 Å². The zero-order valence-electron chi connectivity index (χ0n) is 17.2. The number of rotatable bonds is 1. The van der Waals surface area contributed by atoms with E-state index in [4.69, 9.17) is 0 Å². The van der Waals surface area contributed by atoms with E-state index in [1.807, 2.05) is 0 Å². The first-order chi connectivity index (χ1) is 14.3. The van der Waals surface area contributed by atoms with Crippen molar-refractivity contribution in [3.63, 3.8) is 0 Å². The maximum Gasteiger partial charge on any atom is 0.0277 e. The van der Waals surface area contributed by atoms with Gasteiger partial charge >= 0.3 is 0 Å². The Morgan fingerprint density at radius 3 is 2.48 bits per heavy atom. The van der Waals surface area contributed by atoms with Crippen LogP contribution in [-0.4, -0.2) is 0 Å². The molecule has 144 valence electrons. The van der Waals surface area contributed by atoms with E-state index in [-0.39, 0.29) is 0 Å². The Morgan fingerprint density at radius 2 is 1.55 bits per heavy atom. The number of hydrogen-bond acceptors (Lipinski definition) is 0. The third-order valence-corrected chi connectivity index (χ3v) is 9.11. The van der Waals surface area contributed by atoms with Gasteiger partial charge in [-0.3, -0.25) is 0 Å². The Morgan fingerprint density at radius 1 is 0.759 bits per heavy atom. The van der Waals surface area contributed by atoms with Crippen LogP contribution < -0.4 is 0 Å². The van der Waals surface area contributed by atoms with Gasteiger partial charge in [-0.05, 0) is 82.9 Å². The third-order valence-electron chi connectivity index (χ3n) is 9.11. The summed E-state index contributed by atoms with van der Waals surface area (Å²) < 4.78 is 0. The fourth-order valence-electron chi connectivity index (χ4n) is 8.31. The van der Waals surface area contributed by atoms with Crippen molar-refractivity contribution in [2.75, 3.05) is 0 Å². The lowest BCUT2D eigenvalue weighted by Crippen LogP contribution is -2.41. The number of fused-ring (bicyclic) bond motifs is 3. The van der Waals surface area contributed by atoms with E-state index < -0.39 is 0 Å². The van der Waals surface area contributed by atoms with Crippen LogP contribution in [0.15, 0.2) is 66.7 Å². The Hall–Kier alpha value is -2.34. The summed E-state index contributed by atoms with van der Waals surface area (Å²) in [5.41, 5.74) is 11.4. The largest absolute Gasteiger partial charge is 0.0620 e. The minimum Gasteiger partial charge on any atom is -0.0620 e. The molecule has 0 bridgehead atoms. The summed E-state index contributed by atoms with van der Waals surface area (Å²) >= 11 is 0. The van der Waals surface area contributed by atoms with Crippen molar-refractivity contribution in [3.05, 3.63) is 94.5 Å². The second kappa shape index (κ2) is 5.63. The van der Waals surface area contributed by atoms with Crippen LogP contribution in [0.5, 0.6) is 0 Å². The molecule has 0 aromatic heterocycles. The summed E-state index contributed by atoms with van der Waals surface area (Å²) in [6.07, 6.45) is 7.08. The van der Waals surface area contributed by atoms with Gasteiger partial charge < -0.3 is 0 Å². The van der Waals surface area contributed by atoms with E-state index in [9.17, 15) is 0 Å². The van der Waals surface area contributed by atoms with Gasteiger partial charge in [0.25, 0.3) is 0 Å². The average Bonchev–Trinajstić information content (AvgIpc) is 3.41. The second-order valence-electron chi connectivity index (χ2n) is 10.1. The highest BCUT2D eigenvalue weighted by Gasteiger charge is 2.63. The lowest BCUT2D eigenvalue weighted by atomic mass is 9.56. The third kappa shape index (κ3) is 1.87. The van der Waals surface area contributed by atoms with Gasteiger partial charge in [-0.15, -0.1) is 0 Å². The van der Waals surface area contributed by atoms with Crippen LogP contribution in [0.4, 0.5) is 0 Å². The molecule has 3 aromatic carbocycles. The first kappa shape index (κ1) is 16.5. The highest BCUT2D eigenvalue weighted by molar-refractivity contribution is 5.84. The van der Waals surface area contributed by atoms with E-state index in [1.165, 1.54) is 43.2 Å². The maximum absolute atomic E-state index is 2.49. The van der Waals surface area contributed by atoms with Crippen LogP contribution >= 0.6 is 0 Å². The molecular formula is C29H28. The average molecular weight is 377 g/mol. The summed E-state index contributed by atoms with van der Waals surface area (Å²) in [6.45, 7) is 2.30. The second-order valence-corrected chi connectivity index (χ2v) is 10.1. The molecule has 3 unspecified atom stereocenters. The van der Waals surface area contributed by atoms with Gasteiger partial charge in [-0.1, -0.05) is 79.6 Å². The van der Waals surface area contributed by atoms with Crippen molar-refractivity contribution in [1.29, 1.82) is 0 Å². The standard InChI is InChI=1S/C29H28/c1-18-8-2-3-10-21(18)25-17-20-16-19-9-6-15-26(19)29(20)27-14-5-4-11-22(27)23-12-7-13-24(25)28(23)29/h2-5,7-8,10-14,19-20,25-26H,6,9,15-17H2,1H3/t19?,20-,25?,26?,29+/m1/s1. The number of hydrogen-bond donors (Lipinski definition) is 0. The Labute approximate surface area is 174 Å². The normalized spacial score (nSPS) is 33.1. The first-order valence-corrected chi connectivity index (χ1v) is 11.6. The lowest BCUT2D eigenvalue weighted by molar-refractivity contribution is 0.255. The minimum atomic E-state index is 0.295. The van der Waals surface area contributed by atoms with Crippen LogP contribution in [0.2, 0.25) is 0 Å². The quantitative estimate of drug-likeness (QED) is 0.420. The summed E-state index contributed by atoms with van der Waals surface area (Å²) in [6, 6.07) is 25.8. The molecule has 4 aliphatic rings. The number of aryl methyl sites for hydroxylation is 1. The molecule has 0 nitrogen and oxygen atoms in total. The molecule has 0 aliphatic heterocycles. The minimum absolute atomic E-state index is 0.295. The zero-order valence-corrected chi connectivity index (χ0v) is 17.2. The van der Waals surface area contributed by atoms with E-state index in [0.717, 1.165) is 17.8 Å². The first-order valence-electron chi connectivity index (χ1n) is 11.6. The highest BCUT2D eigenvalue weighted by atomic mass is 14.7. The molecule has 0 N–H and O–H groups in total. The van der Waals surface area contributed by atoms with Gasteiger partial charge in [-0.2, -0.15) is 0 Å². The fraction of sp³-hybridized carbons (Fsp3) is 0.379. The SMILES string of the molecule is Cc1ccccc1C1C[C@H]2CC3CCCC3[C@]23c2ccccc2-c2cccc1c23. The van der Waals surface area contributed by atoms with Gasteiger partial charge in [0.2, 0.25) is 0 Å². The van der Waals surface area contributed by atoms with Crippen LogP contribution in [-0.2, 0) is 5.41 Å². The molecule has 3 aromatic rings. The zero-order chi connectivity index (χ0) is 19.2. The van der Waals surface area contributed by atoms with Crippen molar-refractivity contribution >= 4 is 0 Å². The van der Waals surface area contributed by atoms with E-state index in [1.54, 1.807) is 27.8 Å². The summed E-state index contributed by atoms with van der Waals surface area (Å²) in [5, 5.41) is 0. The van der Waals surface area contributed by atoms with E-state index in [2.05, 4.69) is 73.7 Å². The predicted octanol–water partition coefficient (Wildman–Crippen LogP) is 7.23. The Balaban J connectivity index is 1.56. The highest BCUT2D eigenvalue weighted by Crippen LogP contribution is 2.71. The molecule has 7 rings (SSSR count). The van der Waals surface area contributed by atoms with Crippen molar-refractivity contribution < 1.29 is 0 Å². The van der Waals surface area contributed by atoms with Gasteiger partial charge in [0.1, 0.15) is 0 Å². The summed E-state index contributed by atoms with van der Waals surface area (Å²) in [7, 11) is 0. The van der Waals surface area contributed by atoms with Crippen LogP contribution in [0.3, 0.4) is 0 Å². The molecule has 0 heterocycles. The summed E-state index contributed by atoms with van der Waals surface area (Å²) in [4.78, 5) is 0. The molecular weight excluding hydrogens is 348 g/mol. The predicted molar refractivity (Wildman–Crippen MR) is 119 cm³/mol. The van der Waals surface area contributed by atoms with Gasteiger partial charge in [0.05, 0.1) is 0 Å². The number of benzene rings is 3. The van der Waals surface area contributed by atoms with Gasteiger partial charge in [0.15, 0.2) is 0 Å². The molecule has 4 aliphatic carbocycles. The monoisotopic (exact) mass is 376 g/mol. The summed E-state index contributed by atoms with van der Waals surface area (Å²) in [5.74, 6) is 3.13. The van der Waals surface area contributed by atoms with Crippen LogP contribution in [0.1, 0.15) is 65.8 Å². The van der Waals surface area contributed by atoms with E-state index >= 15 is 0 Å². The lowest BCUT2D eigenvalue weighted by Gasteiger charge is -2.46. The van der Waals surface area contributed by atoms with Crippen molar-refractivity contribution in [2.24, 2.45) is 17.8 Å². The van der Waals surface area contributed by atoms with Crippen molar-refractivity contribution in [2.45, 2.75) is 50.4 Å². The molecule has 0 amide bonds. The maximum atomic E-state index is 2.49. The Bertz CT molecular complexity index is 1140. The van der Waals surface area contributed by atoms with Crippen molar-refractivity contribution in [1.82, 2.24) is 0 Å². The molecule has 2 fully saturated rings. The molecule has 2 saturated carbocycles. The fourth-order valence-corrected chi connectivity index (χ4v) is 8.31. The van der Waals surface area contributed by atoms with Crippen LogP contribution in [0, 0.1) is 24.7 Å². The van der Waals surface area contributed by atoms with Crippen molar-refractivity contribution in [3.8, 4) is 11.1 Å². The molecule has 0 heteroatoms. The molecule has 5 atom stereocenters. The molecule has 0 radical (unpaired) electrons. The smallest absolute Gasteiger partial charge is 0.0277 e. The van der Waals surface area contributed by atoms with E-state index in [0.29, 0.717) is 11.3 Å². The van der Waals surface area contributed by atoms with Crippen LogP contribution in [0.25, 0.3) is 11.1 Å². The molecule has 29 heavy (non-hydrogen) atoms. The molecule has 1 spiro atoms. The Kier molecular flexibility index (Phi) is 3.19.